The number of hydrogen-bond acceptors (Lipinski definition) is 6. The summed E-state index contributed by atoms with van der Waals surface area (Å²) < 4.78 is 0. The van der Waals surface area contributed by atoms with Gasteiger partial charge in [-0.3, -0.25) is 0 Å². The van der Waals surface area contributed by atoms with Crippen molar-refractivity contribution in [2.75, 3.05) is 0 Å². The summed E-state index contributed by atoms with van der Waals surface area (Å²) in [6, 6.07) is 0. The zero-order chi connectivity index (χ0) is 12.0. The fraction of sp³-hybridized carbons (Fsp3) is 0. The van der Waals surface area contributed by atoms with Crippen molar-refractivity contribution in [2.24, 2.45) is 0 Å². The van der Waals surface area contributed by atoms with Crippen molar-refractivity contribution < 1.29 is 34.1 Å². The summed E-state index contributed by atoms with van der Waals surface area (Å²) in [4.78, 5) is 7.25. The maximum absolute atomic E-state index is 7.25. The van der Waals surface area contributed by atoms with Crippen molar-refractivity contribution in [3.8, 4) is 0 Å². The van der Waals surface area contributed by atoms with E-state index in [4.69, 9.17) is 69.7 Å². The molecule has 0 fully saturated rings. The smallest absolute Gasteiger partial charge is 0.577 e. The summed E-state index contributed by atoms with van der Waals surface area (Å²) in [6.45, 7) is 23.8. The molecular weight excluding hydrogens is 279 g/mol. The first kappa shape index (κ1) is 88.9. The standard InChI is InChI=1S/5CN.Cu.Fe.NO/c5*1-2;;;1-2/q5*-1;+2;+4;-1. The minimum atomic E-state index is 0. The second kappa shape index (κ2) is 309. The average Bonchev–Trinajstić information content (AvgIpc) is 2.33. The first-order valence-corrected chi connectivity index (χ1v) is 1.30. The Bertz CT molecular complexity index is 95.6. The van der Waals surface area contributed by atoms with E-state index >= 15 is 0 Å². The molecule has 9 heteroatoms. The Balaban J connectivity index is -0.00000000500. The van der Waals surface area contributed by atoms with Crippen LogP contribution in [0.5, 0.6) is 0 Å². The van der Waals surface area contributed by atoms with Crippen LogP contribution in [0.1, 0.15) is 0 Å². The first-order valence-electron chi connectivity index (χ1n) is 1.30. The molecule has 0 bridgehead atoms. The van der Waals surface area contributed by atoms with Gasteiger partial charge in [0.25, 0.3) is 0 Å². The maximum atomic E-state index is 7.25. The van der Waals surface area contributed by atoms with E-state index < -0.39 is 0 Å². The Hall–Kier alpha value is -1.91. The van der Waals surface area contributed by atoms with E-state index in [1.807, 2.05) is 0 Å². The molecule has 0 amide bonds. The van der Waals surface area contributed by atoms with Crippen LogP contribution in [0.4, 0.5) is 0 Å². The van der Waals surface area contributed by atoms with Gasteiger partial charge in [0.05, 0.1) is 0 Å². The molecular formula is C5CuFeN6O. The molecule has 0 unspecified atom stereocenters. The topological polar surface area (TPSA) is 158 Å². The molecule has 0 aliphatic heterocycles. The van der Waals surface area contributed by atoms with Gasteiger partial charge < -0.3 is 69.7 Å². The van der Waals surface area contributed by atoms with Gasteiger partial charge in [-0.25, -0.2) is 0 Å². The van der Waals surface area contributed by atoms with E-state index in [1.54, 1.807) is 0 Å². The van der Waals surface area contributed by atoms with Gasteiger partial charge in [0.15, 0.2) is 0 Å². The van der Waals surface area contributed by atoms with Crippen LogP contribution >= 0.6 is 0 Å². The van der Waals surface area contributed by atoms with Crippen LogP contribution in [0, 0.1) is 64.1 Å². The maximum Gasteiger partial charge on any atom is 4.00 e. The van der Waals surface area contributed by atoms with Crippen molar-refractivity contribution in [3.63, 3.8) is 0 Å². The monoisotopic (exact) mass is 279 g/mol. The molecule has 0 aromatic rings. The largest absolute Gasteiger partial charge is 4.00 e. The minimum Gasteiger partial charge on any atom is -0.577 e. The molecule has 0 aliphatic carbocycles. The zero-order valence-corrected chi connectivity index (χ0v) is 8.29. The predicted octanol–water partition coefficient (Wildman–Crippen LogP) is 0.799. The van der Waals surface area contributed by atoms with Gasteiger partial charge in [0, 0.05) is 0 Å². The van der Waals surface area contributed by atoms with E-state index in [0.717, 1.165) is 0 Å². The third-order valence-electron chi connectivity index (χ3n) is 0. The fourth-order valence-corrected chi connectivity index (χ4v) is 0. The van der Waals surface area contributed by atoms with Gasteiger partial charge in [-0.15, -0.1) is 0 Å². The van der Waals surface area contributed by atoms with Crippen LogP contribution in [-0.4, -0.2) is 0 Å². The molecule has 0 heterocycles. The van der Waals surface area contributed by atoms with Crippen molar-refractivity contribution in [1.82, 2.24) is 0 Å². The Morgan fingerprint density at radius 2 is 0.571 bits per heavy atom. The summed E-state index contributed by atoms with van der Waals surface area (Å²) in [6.07, 6.45) is 0. The molecule has 0 spiro atoms. The van der Waals surface area contributed by atoms with E-state index in [-0.39, 0.29) is 34.1 Å². The molecule has 75 valence electrons. The Morgan fingerprint density at radius 1 is 0.571 bits per heavy atom. The normalized spacial score (nSPS) is 1.00. The molecule has 0 saturated heterocycles. The molecule has 0 atom stereocenters. The zero-order valence-electron chi connectivity index (χ0n) is 6.25. The van der Waals surface area contributed by atoms with Gasteiger partial charge >= 0.3 is 34.1 Å². The molecule has 7 nitrogen and oxygen atoms in total. The van der Waals surface area contributed by atoms with E-state index in [9.17, 15) is 0 Å². The quantitative estimate of drug-likeness (QED) is 0.471. The number of rotatable bonds is 0. The third-order valence-corrected chi connectivity index (χ3v) is 0. The SMILES string of the molecule is [C-]#N.[C-]#N.[C-]#N.[C-]#N.[C-]#N.[Cu+2].[Fe+4].[N-]=O. The third kappa shape index (κ3) is 228. The molecule has 0 aliphatic rings. The fourth-order valence-electron chi connectivity index (χ4n) is 0. The number of nitrogens with zero attached hydrogens (tertiary/aromatic N) is 6. The van der Waals surface area contributed by atoms with E-state index in [1.165, 1.54) is 0 Å². The molecule has 1 radical (unpaired) electrons. The molecule has 0 rings (SSSR count). The molecule has 0 aromatic heterocycles. The van der Waals surface area contributed by atoms with Crippen LogP contribution in [-0.2, 0) is 34.1 Å². The summed E-state index contributed by atoms with van der Waals surface area (Å²) in [7, 11) is 0. The van der Waals surface area contributed by atoms with Crippen LogP contribution in [0.15, 0.2) is 0 Å². The second-order valence-corrected chi connectivity index (χ2v) is 0. The Labute approximate surface area is 104 Å². The van der Waals surface area contributed by atoms with Crippen molar-refractivity contribution in [3.05, 3.63) is 43.4 Å². The van der Waals surface area contributed by atoms with Crippen molar-refractivity contribution in [1.29, 1.82) is 26.3 Å². The van der Waals surface area contributed by atoms with Crippen LogP contribution in [0.25, 0.3) is 5.59 Å². The van der Waals surface area contributed by atoms with E-state index in [2.05, 4.69) is 0 Å². The van der Waals surface area contributed by atoms with Crippen LogP contribution in [0.3, 0.4) is 0 Å². The van der Waals surface area contributed by atoms with Gasteiger partial charge in [0.2, 0.25) is 0 Å². The Kier molecular flexibility index (Phi) is 1960. The van der Waals surface area contributed by atoms with Gasteiger partial charge in [-0.1, -0.05) is 0 Å². The van der Waals surface area contributed by atoms with Crippen LogP contribution < -0.4 is 0 Å². The van der Waals surface area contributed by atoms with E-state index in [0.29, 0.717) is 0 Å². The van der Waals surface area contributed by atoms with Gasteiger partial charge in [-0.05, 0) is 0 Å². The average molecular weight is 279 g/mol. The summed E-state index contributed by atoms with van der Waals surface area (Å²) in [5.74, 6) is 0. The van der Waals surface area contributed by atoms with Gasteiger partial charge in [-0.2, -0.15) is 0 Å². The number of nitroso groups, excluding NO2 is 1. The molecule has 0 saturated carbocycles. The summed E-state index contributed by atoms with van der Waals surface area (Å²) in [5.41, 5.74) is 5.75. The number of hydrogen-bond donors (Lipinski definition) is 0. The molecule has 14 heavy (non-hydrogen) atoms. The summed E-state index contributed by atoms with van der Waals surface area (Å²) >= 11 is 0. The van der Waals surface area contributed by atoms with Crippen LogP contribution in [0.2, 0.25) is 0 Å². The summed E-state index contributed by atoms with van der Waals surface area (Å²) in [5, 5.41) is 31.2. The first-order chi connectivity index (χ1) is 6.00. The predicted molar refractivity (Wildman–Crippen MR) is 31.6 cm³/mol. The van der Waals surface area contributed by atoms with Crippen molar-refractivity contribution in [2.45, 2.75) is 0 Å². The van der Waals surface area contributed by atoms with Gasteiger partial charge in [0.1, 0.15) is 0 Å². The second-order valence-electron chi connectivity index (χ2n) is 0. The molecule has 0 N–H and O–H groups in total. The minimum absolute atomic E-state index is 0. The molecule has 0 aromatic carbocycles. The Morgan fingerprint density at radius 3 is 0.571 bits per heavy atom. The van der Waals surface area contributed by atoms with Crippen molar-refractivity contribution >= 4 is 0 Å².